The summed E-state index contributed by atoms with van der Waals surface area (Å²) in [6.45, 7) is 8.95. The molecule has 0 rings (SSSR count). The van der Waals surface area contributed by atoms with Crippen LogP contribution in [0.1, 0.15) is 20.8 Å². The largest absolute Gasteiger partial charge is 0.462 e. The molecule has 0 aliphatic rings. The summed E-state index contributed by atoms with van der Waals surface area (Å²) in [4.78, 5) is 21.9. The summed E-state index contributed by atoms with van der Waals surface area (Å²) >= 11 is 0. The molecule has 0 atom stereocenters. The Hall–Kier alpha value is -1.58. The number of carbonyl (C=O) groups is 2. The van der Waals surface area contributed by atoms with Crippen molar-refractivity contribution in [1.82, 2.24) is 0 Å². The molecule has 0 aromatic heterocycles. The lowest BCUT2D eigenvalue weighted by atomic mass is 10.2. The smallest absolute Gasteiger partial charge is 0.336 e. The van der Waals surface area contributed by atoms with Gasteiger partial charge >= 0.3 is 11.9 Å². The van der Waals surface area contributed by atoms with Crippen LogP contribution in [0, 0.1) is 5.92 Å². The van der Waals surface area contributed by atoms with Crippen LogP contribution in [-0.2, 0) is 19.1 Å². The van der Waals surface area contributed by atoms with Crippen LogP contribution in [-0.4, -0.2) is 18.5 Å². The molecule has 0 amide bonds. The van der Waals surface area contributed by atoms with Crippen molar-refractivity contribution >= 4 is 11.9 Å². The zero-order chi connectivity index (χ0) is 11.8. The van der Waals surface area contributed by atoms with Gasteiger partial charge in [-0.1, -0.05) is 20.4 Å². The molecular formula is C11H16O4. The van der Waals surface area contributed by atoms with Gasteiger partial charge < -0.3 is 9.47 Å². The van der Waals surface area contributed by atoms with E-state index in [1.165, 1.54) is 6.92 Å². The van der Waals surface area contributed by atoms with Gasteiger partial charge in [0.1, 0.15) is 6.26 Å². The van der Waals surface area contributed by atoms with E-state index in [9.17, 15) is 9.59 Å². The highest BCUT2D eigenvalue weighted by atomic mass is 16.5. The molecule has 0 N–H and O–H groups in total. The third-order valence-electron chi connectivity index (χ3n) is 1.39. The number of hydrogen-bond acceptors (Lipinski definition) is 4. The summed E-state index contributed by atoms with van der Waals surface area (Å²) in [7, 11) is 0. The van der Waals surface area contributed by atoms with Gasteiger partial charge in [-0.15, -0.1) is 0 Å². The van der Waals surface area contributed by atoms with Crippen LogP contribution in [0.15, 0.2) is 24.5 Å². The number of ether oxygens (including phenoxy) is 2. The molecule has 0 aliphatic carbocycles. The monoisotopic (exact) mass is 212 g/mol. The van der Waals surface area contributed by atoms with Gasteiger partial charge in [0.2, 0.25) is 0 Å². The first-order valence-electron chi connectivity index (χ1n) is 4.64. The fraction of sp³-hybridized carbons (Fsp3) is 0.455. The van der Waals surface area contributed by atoms with Gasteiger partial charge in [0.15, 0.2) is 0 Å². The van der Waals surface area contributed by atoms with Crippen molar-refractivity contribution in [3.63, 3.8) is 0 Å². The highest BCUT2D eigenvalue weighted by molar-refractivity contribution is 5.88. The predicted molar refractivity (Wildman–Crippen MR) is 55.8 cm³/mol. The second kappa shape index (κ2) is 6.81. The van der Waals surface area contributed by atoms with Gasteiger partial charge in [0.25, 0.3) is 0 Å². The molecule has 0 spiro atoms. The topological polar surface area (TPSA) is 52.6 Å². The van der Waals surface area contributed by atoms with Crippen LogP contribution < -0.4 is 0 Å². The van der Waals surface area contributed by atoms with Crippen LogP contribution in [0.5, 0.6) is 0 Å². The Bertz CT molecular complexity index is 276. The molecule has 0 heterocycles. The first-order valence-corrected chi connectivity index (χ1v) is 4.64. The van der Waals surface area contributed by atoms with Crippen molar-refractivity contribution < 1.29 is 19.1 Å². The SMILES string of the molecule is C=CC(=O)O/C=C(\C)C(=O)OCC(C)C. The molecule has 4 nitrogen and oxygen atoms in total. The third kappa shape index (κ3) is 6.49. The van der Waals surface area contributed by atoms with Gasteiger partial charge in [0.05, 0.1) is 12.2 Å². The van der Waals surface area contributed by atoms with Crippen LogP contribution in [0.3, 0.4) is 0 Å². The van der Waals surface area contributed by atoms with Gasteiger partial charge in [-0.2, -0.15) is 0 Å². The second-order valence-corrected chi connectivity index (χ2v) is 3.43. The number of rotatable bonds is 5. The average molecular weight is 212 g/mol. The van der Waals surface area contributed by atoms with Crippen molar-refractivity contribution in [1.29, 1.82) is 0 Å². The maximum Gasteiger partial charge on any atom is 0.336 e. The maximum atomic E-state index is 11.2. The van der Waals surface area contributed by atoms with Gasteiger partial charge in [-0.05, 0) is 12.8 Å². The second-order valence-electron chi connectivity index (χ2n) is 3.43. The molecule has 84 valence electrons. The third-order valence-corrected chi connectivity index (χ3v) is 1.39. The van der Waals surface area contributed by atoms with E-state index >= 15 is 0 Å². The van der Waals surface area contributed by atoms with Crippen molar-refractivity contribution in [3.8, 4) is 0 Å². The van der Waals surface area contributed by atoms with E-state index in [1.807, 2.05) is 13.8 Å². The van der Waals surface area contributed by atoms with Crippen LogP contribution in [0.4, 0.5) is 0 Å². The number of carbonyl (C=O) groups excluding carboxylic acids is 2. The van der Waals surface area contributed by atoms with E-state index in [1.54, 1.807) is 0 Å². The van der Waals surface area contributed by atoms with Crippen molar-refractivity contribution in [2.45, 2.75) is 20.8 Å². The molecule has 0 radical (unpaired) electrons. The Labute approximate surface area is 89.6 Å². The zero-order valence-corrected chi connectivity index (χ0v) is 9.28. The number of esters is 2. The quantitative estimate of drug-likeness (QED) is 0.396. The summed E-state index contributed by atoms with van der Waals surface area (Å²) in [5.74, 6) is -0.816. The average Bonchev–Trinajstić information content (AvgIpc) is 2.21. The summed E-state index contributed by atoms with van der Waals surface area (Å²) in [5.41, 5.74) is 0.242. The van der Waals surface area contributed by atoms with Gasteiger partial charge in [0, 0.05) is 6.08 Å². The van der Waals surface area contributed by atoms with E-state index in [0.717, 1.165) is 12.3 Å². The van der Waals surface area contributed by atoms with E-state index in [0.29, 0.717) is 6.61 Å². The fourth-order valence-electron chi connectivity index (χ4n) is 0.599. The first-order chi connectivity index (χ1) is 6.97. The number of hydrogen-bond donors (Lipinski definition) is 0. The Morgan fingerprint density at radius 1 is 1.40 bits per heavy atom. The Morgan fingerprint density at radius 2 is 2.00 bits per heavy atom. The normalized spacial score (nSPS) is 11.1. The molecular weight excluding hydrogens is 196 g/mol. The summed E-state index contributed by atoms with van der Waals surface area (Å²) < 4.78 is 9.47. The molecule has 0 saturated heterocycles. The van der Waals surface area contributed by atoms with Crippen molar-refractivity contribution in [2.24, 2.45) is 5.92 Å². The lowest BCUT2D eigenvalue weighted by Crippen LogP contribution is -2.11. The van der Waals surface area contributed by atoms with Gasteiger partial charge in [-0.3, -0.25) is 0 Å². The lowest BCUT2D eigenvalue weighted by molar-refractivity contribution is -0.140. The molecule has 4 heteroatoms. The molecule has 0 unspecified atom stereocenters. The Morgan fingerprint density at radius 3 is 2.47 bits per heavy atom. The van der Waals surface area contributed by atoms with E-state index in [4.69, 9.17) is 4.74 Å². The summed E-state index contributed by atoms with van der Waals surface area (Å²) in [5, 5.41) is 0. The molecule has 0 saturated carbocycles. The molecule has 0 aliphatic heterocycles. The zero-order valence-electron chi connectivity index (χ0n) is 9.28. The van der Waals surface area contributed by atoms with E-state index in [-0.39, 0.29) is 11.5 Å². The summed E-state index contributed by atoms with van der Waals surface area (Å²) in [6, 6.07) is 0. The lowest BCUT2D eigenvalue weighted by Gasteiger charge is -2.06. The van der Waals surface area contributed by atoms with Crippen molar-refractivity contribution in [3.05, 3.63) is 24.5 Å². The van der Waals surface area contributed by atoms with Crippen LogP contribution in [0.25, 0.3) is 0 Å². The van der Waals surface area contributed by atoms with E-state index < -0.39 is 11.9 Å². The minimum absolute atomic E-state index is 0.242. The molecule has 0 bridgehead atoms. The van der Waals surface area contributed by atoms with Crippen LogP contribution >= 0.6 is 0 Å². The Balaban J connectivity index is 4.07. The van der Waals surface area contributed by atoms with Crippen LogP contribution in [0.2, 0.25) is 0 Å². The predicted octanol–water partition coefficient (Wildman–Crippen LogP) is 1.82. The fourth-order valence-corrected chi connectivity index (χ4v) is 0.599. The minimum atomic E-state index is -0.606. The Kier molecular flexibility index (Phi) is 6.09. The summed E-state index contributed by atoms with van der Waals surface area (Å²) in [6.07, 6.45) is 2.08. The highest BCUT2D eigenvalue weighted by Crippen LogP contribution is 2.00. The molecule has 0 aromatic carbocycles. The van der Waals surface area contributed by atoms with Crippen molar-refractivity contribution in [2.75, 3.05) is 6.61 Å². The standard InChI is InChI=1S/C11H16O4/c1-5-10(12)14-7-9(4)11(13)15-6-8(2)3/h5,7-8H,1,6H2,2-4H3/b9-7+. The first kappa shape index (κ1) is 13.4. The van der Waals surface area contributed by atoms with Gasteiger partial charge in [-0.25, -0.2) is 9.59 Å². The highest BCUT2D eigenvalue weighted by Gasteiger charge is 2.07. The minimum Gasteiger partial charge on any atom is -0.462 e. The molecule has 15 heavy (non-hydrogen) atoms. The molecule has 0 aromatic rings. The maximum absolute atomic E-state index is 11.2. The molecule has 0 fully saturated rings. The van der Waals surface area contributed by atoms with E-state index in [2.05, 4.69) is 11.3 Å².